The maximum absolute atomic E-state index is 12.9. The van der Waals surface area contributed by atoms with Crippen LogP contribution >= 0.6 is 0 Å². The van der Waals surface area contributed by atoms with E-state index in [0.29, 0.717) is 11.3 Å². The van der Waals surface area contributed by atoms with E-state index in [2.05, 4.69) is 15.4 Å². The van der Waals surface area contributed by atoms with Gasteiger partial charge in [0.1, 0.15) is 5.82 Å². The highest BCUT2D eigenvalue weighted by atomic mass is 19.1. The molecule has 0 aliphatic rings. The van der Waals surface area contributed by atoms with Crippen LogP contribution in [-0.4, -0.2) is 25.2 Å². The molecule has 104 valence electrons. The molecule has 1 aromatic carbocycles. The van der Waals surface area contributed by atoms with Crippen LogP contribution in [0.4, 0.5) is 14.9 Å². The molecule has 0 fully saturated rings. The van der Waals surface area contributed by atoms with Crippen LogP contribution in [0.25, 0.3) is 0 Å². The largest absolute Gasteiger partial charge is 0.469 e. The number of ether oxygens (including phenoxy) is 1. The van der Waals surface area contributed by atoms with E-state index in [1.807, 2.05) is 0 Å². The third kappa shape index (κ3) is 4.95. The second-order valence-electron chi connectivity index (χ2n) is 4.24. The molecular weight excluding hydrogens is 251 g/mol. The number of methoxy groups -OCH3 is 1. The number of esters is 1. The zero-order valence-corrected chi connectivity index (χ0v) is 11.1. The fraction of sp³-hybridized carbons (Fsp3) is 0.385. The number of aryl methyl sites for hydroxylation is 1. The van der Waals surface area contributed by atoms with Crippen molar-refractivity contribution < 1.29 is 18.7 Å². The second kappa shape index (κ2) is 6.72. The minimum Gasteiger partial charge on any atom is -0.469 e. The highest BCUT2D eigenvalue weighted by molar-refractivity contribution is 5.90. The van der Waals surface area contributed by atoms with Gasteiger partial charge in [-0.15, -0.1) is 0 Å². The average molecular weight is 268 g/mol. The Morgan fingerprint density at radius 2 is 2.11 bits per heavy atom. The molecule has 1 atom stereocenters. The van der Waals surface area contributed by atoms with Crippen LogP contribution in [0.15, 0.2) is 18.2 Å². The van der Waals surface area contributed by atoms with Crippen LogP contribution in [-0.2, 0) is 9.53 Å². The molecule has 0 aromatic heterocycles. The Morgan fingerprint density at radius 1 is 1.42 bits per heavy atom. The number of halogens is 1. The normalized spacial score (nSPS) is 11.6. The molecule has 6 heteroatoms. The molecule has 2 N–H and O–H groups in total. The lowest BCUT2D eigenvalue weighted by molar-refractivity contribution is -0.141. The van der Waals surface area contributed by atoms with E-state index in [-0.39, 0.29) is 18.3 Å². The lowest BCUT2D eigenvalue weighted by atomic mass is 10.2. The highest BCUT2D eigenvalue weighted by Crippen LogP contribution is 2.15. The fourth-order valence-corrected chi connectivity index (χ4v) is 1.53. The molecule has 5 nitrogen and oxygen atoms in total. The van der Waals surface area contributed by atoms with E-state index >= 15 is 0 Å². The predicted molar refractivity (Wildman–Crippen MR) is 69.4 cm³/mol. The van der Waals surface area contributed by atoms with E-state index in [1.165, 1.54) is 25.3 Å². The Bertz CT molecular complexity index is 477. The van der Waals surface area contributed by atoms with Gasteiger partial charge in [0.05, 0.1) is 13.5 Å². The molecule has 1 rings (SSSR count). The molecule has 19 heavy (non-hydrogen) atoms. The van der Waals surface area contributed by atoms with Gasteiger partial charge < -0.3 is 15.4 Å². The molecule has 2 amide bonds. The van der Waals surface area contributed by atoms with Gasteiger partial charge in [-0.1, -0.05) is 0 Å². The number of carbonyl (C=O) groups is 2. The van der Waals surface area contributed by atoms with Gasteiger partial charge in [-0.05, 0) is 37.6 Å². The zero-order chi connectivity index (χ0) is 14.4. The van der Waals surface area contributed by atoms with Crippen molar-refractivity contribution in [2.24, 2.45) is 0 Å². The van der Waals surface area contributed by atoms with E-state index in [1.54, 1.807) is 13.8 Å². The van der Waals surface area contributed by atoms with Crippen molar-refractivity contribution in [2.75, 3.05) is 12.4 Å². The van der Waals surface area contributed by atoms with Crippen molar-refractivity contribution >= 4 is 17.7 Å². The summed E-state index contributed by atoms with van der Waals surface area (Å²) in [5.41, 5.74) is 1.14. The lowest BCUT2D eigenvalue weighted by Crippen LogP contribution is -2.37. The Morgan fingerprint density at radius 3 is 2.68 bits per heavy atom. The number of anilines is 1. The molecular formula is C13H17FN2O3. The first-order valence-electron chi connectivity index (χ1n) is 5.83. The number of hydrogen-bond acceptors (Lipinski definition) is 3. The molecule has 0 saturated heterocycles. The summed E-state index contributed by atoms with van der Waals surface area (Å²) in [4.78, 5) is 22.7. The minimum atomic E-state index is -0.453. The number of nitrogens with one attached hydrogen (secondary N) is 2. The number of urea groups is 1. The number of rotatable bonds is 4. The SMILES string of the molecule is COC(=O)C[C@@H](C)NC(=O)Nc1ccc(F)cc1C. The molecule has 0 spiro atoms. The second-order valence-corrected chi connectivity index (χ2v) is 4.24. The number of hydrogen-bond donors (Lipinski definition) is 2. The van der Waals surface area contributed by atoms with Gasteiger partial charge >= 0.3 is 12.0 Å². The van der Waals surface area contributed by atoms with Gasteiger partial charge in [0.2, 0.25) is 0 Å². The maximum Gasteiger partial charge on any atom is 0.319 e. The molecule has 0 saturated carbocycles. The molecule has 0 aliphatic carbocycles. The van der Waals surface area contributed by atoms with Crippen LogP contribution in [0.2, 0.25) is 0 Å². The maximum atomic E-state index is 12.9. The molecule has 0 heterocycles. The fourth-order valence-electron chi connectivity index (χ4n) is 1.53. The Labute approximate surface area is 111 Å². The molecule has 0 bridgehead atoms. The minimum absolute atomic E-state index is 0.0896. The number of carbonyl (C=O) groups excluding carboxylic acids is 2. The van der Waals surface area contributed by atoms with Crippen LogP contribution in [0.3, 0.4) is 0 Å². The number of amides is 2. The Hall–Kier alpha value is -2.11. The smallest absolute Gasteiger partial charge is 0.319 e. The van der Waals surface area contributed by atoms with E-state index in [4.69, 9.17) is 0 Å². The van der Waals surface area contributed by atoms with Crippen LogP contribution in [0.5, 0.6) is 0 Å². The average Bonchev–Trinajstić information content (AvgIpc) is 2.32. The zero-order valence-electron chi connectivity index (χ0n) is 11.1. The number of benzene rings is 1. The summed E-state index contributed by atoms with van der Waals surface area (Å²) in [5.74, 6) is -0.756. The molecule has 1 aromatic rings. The third-order valence-electron chi connectivity index (χ3n) is 2.51. The van der Waals surface area contributed by atoms with Gasteiger partial charge in [-0.3, -0.25) is 4.79 Å². The molecule has 0 unspecified atom stereocenters. The van der Waals surface area contributed by atoms with Crippen molar-refractivity contribution in [2.45, 2.75) is 26.3 Å². The van der Waals surface area contributed by atoms with E-state index in [9.17, 15) is 14.0 Å². The topological polar surface area (TPSA) is 67.4 Å². The summed E-state index contributed by atoms with van der Waals surface area (Å²) in [5, 5.41) is 5.18. The summed E-state index contributed by atoms with van der Waals surface area (Å²) in [6.45, 7) is 3.38. The van der Waals surface area contributed by atoms with Gasteiger partial charge in [-0.25, -0.2) is 9.18 Å². The van der Waals surface area contributed by atoms with Crippen molar-refractivity contribution in [3.63, 3.8) is 0 Å². The van der Waals surface area contributed by atoms with Crippen LogP contribution in [0, 0.1) is 12.7 Å². The van der Waals surface area contributed by atoms with Crippen molar-refractivity contribution in [1.29, 1.82) is 0 Å². The van der Waals surface area contributed by atoms with Crippen molar-refractivity contribution in [3.05, 3.63) is 29.6 Å². The van der Waals surface area contributed by atoms with Gasteiger partial charge in [0.25, 0.3) is 0 Å². The summed E-state index contributed by atoms with van der Waals surface area (Å²) in [6.07, 6.45) is 0.0896. The van der Waals surface area contributed by atoms with Crippen LogP contribution < -0.4 is 10.6 Å². The Balaban J connectivity index is 2.53. The van der Waals surface area contributed by atoms with Gasteiger partial charge in [-0.2, -0.15) is 0 Å². The summed E-state index contributed by atoms with van der Waals surface area (Å²) >= 11 is 0. The first-order valence-corrected chi connectivity index (χ1v) is 5.83. The highest BCUT2D eigenvalue weighted by Gasteiger charge is 2.12. The Kier molecular flexibility index (Phi) is 5.29. The quantitative estimate of drug-likeness (QED) is 0.823. The van der Waals surface area contributed by atoms with Crippen molar-refractivity contribution in [1.82, 2.24) is 5.32 Å². The first-order chi connectivity index (χ1) is 8.92. The van der Waals surface area contributed by atoms with Crippen LogP contribution in [0.1, 0.15) is 18.9 Å². The van der Waals surface area contributed by atoms with E-state index < -0.39 is 12.0 Å². The summed E-state index contributed by atoms with van der Waals surface area (Å²) in [6, 6.07) is 3.27. The van der Waals surface area contributed by atoms with Crippen molar-refractivity contribution in [3.8, 4) is 0 Å². The lowest BCUT2D eigenvalue weighted by Gasteiger charge is -2.14. The third-order valence-corrected chi connectivity index (χ3v) is 2.51. The van der Waals surface area contributed by atoms with Gasteiger partial charge in [0, 0.05) is 11.7 Å². The summed E-state index contributed by atoms with van der Waals surface area (Å²) < 4.78 is 17.4. The van der Waals surface area contributed by atoms with Gasteiger partial charge in [0.15, 0.2) is 0 Å². The van der Waals surface area contributed by atoms with E-state index in [0.717, 1.165) is 0 Å². The summed E-state index contributed by atoms with van der Waals surface area (Å²) in [7, 11) is 1.29. The predicted octanol–water partition coefficient (Wildman–Crippen LogP) is 2.21. The monoisotopic (exact) mass is 268 g/mol. The molecule has 0 radical (unpaired) electrons. The molecule has 0 aliphatic heterocycles. The first kappa shape index (κ1) is 14.9. The standard InChI is InChI=1S/C13H17FN2O3/c1-8-6-10(14)4-5-11(8)16-13(18)15-9(2)7-12(17)19-3/h4-6,9H,7H2,1-3H3,(H2,15,16,18)/t9-/m1/s1.